The Labute approximate surface area is 114 Å². The van der Waals surface area contributed by atoms with Crippen LogP contribution in [0, 0.1) is 0 Å². The van der Waals surface area contributed by atoms with Crippen LogP contribution in [0.15, 0.2) is 0 Å². The lowest BCUT2D eigenvalue weighted by Crippen LogP contribution is -2.26. The Balaban J connectivity index is 1.45. The molecule has 0 amide bonds. The van der Waals surface area contributed by atoms with Crippen molar-refractivity contribution in [1.29, 1.82) is 0 Å². The highest BCUT2D eigenvalue weighted by molar-refractivity contribution is 5.69. The number of esters is 1. The first-order valence-corrected chi connectivity index (χ1v) is 7.31. The summed E-state index contributed by atoms with van der Waals surface area (Å²) < 4.78 is 21.5. The molecule has 5 heteroatoms. The van der Waals surface area contributed by atoms with Crippen molar-refractivity contribution in [2.45, 2.75) is 50.7 Å². The van der Waals surface area contributed by atoms with Crippen molar-refractivity contribution in [1.82, 2.24) is 0 Å². The van der Waals surface area contributed by atoms with Gasteiger partial charge in [-0.25, -0.2) is 0 Å². The van der Waals surface area contributed by atoms with Crippen molar-refractivity contribution >= 4 is 5.97 Å². The van der Waals surface area contributed by atoms with Gasteiger partial charge in [-0.2, -0.15) is 0 Å². The molecule has 19 heavy (non-hydrogen) atoms. The molecule has 110 valence electrons. The topological polar surface area (TPSA) is 54.0 Å². The molecule has 2 unspecified atom stereocenters. The molecule has 2 saturated heterocycles. The predicted octanol–water partition coefficient (Wildman–Crippen LogP) is 1.68. The molecule has 2 aliphatic rings. The van der Waals surface area contributed by atoms with Crippen LogP contribution < -0.4 is 0 Å². The molecule has 0 saturated carbocycles. The lowest BCUT2D eigenvalue weighted by atomic mass is 10.1. The molecule has 0 aromatic carbocycles. The van der Waals surface area contributed by atoms with Crippen molar-refractivity contribution in [3.8, 4) is 0 Å². The van der Waals surface area contributed by atoms with Gasteiger partial charge in [0.25, 0.3) is 0 Å². The molecule has 2 heterocycles. The molecule has 0 spiro atoms. The Bertz CT molecular complexity index is 257. The summed E-state index contributed by atoms with van der Waals surface area (Å²) in [5.41, 5.74) is 0. The summed E-state index contributed by atoms with van der Waals surface area (Å²) in [6.45, 7) is 2.98. The Morgan fingerprint density at radius 2 is 1.74 bits per heavy atom. The fraction of sp³-hybridized carbons (Fsp3) is 0.929. The maximum absolute atomic E-state index is 11.5. The zero-order valence-corrected chi connectivity index (χ0v) is 11.5. The number of carbonyl (C=O) groups is 1. The monoisotopic (exact) mass is 272 g/mol. The summed E-state index contributed by atoms with van der Waals surface area (Å²) in [5, 5.41) is 0. The number of ether oxygens (including phenoxy) is 4. The third-order valence-corrected chi connectivity index (χ3v) is 3.48. The van der Waals surface area contributed by atoms with Crippen LogP contribution in [0.4, 0.5) is 0 Å². The fourth-order valence-corrected chi connectivity index (χ4v) is 2.34. The Morgan fingerprint density at radius 3 is 2.47 bits per heavy atom. The summed E-state index contributed by atoms with van der Waals surface area (Å²) in [5.74, 6) is -0.207. The fourth-order valence-electron chi connectivity index (χ4n) is 2.34. The highest BCUT2D eigenvalue weighted by Gasteiger charge is 2.17. The molecular formula is C14H24O5. The second kappa shape index (κ2) is 8.51. The van der Waals surface area contributed by atoms with Crippen LogP contribution in [0.5, 0.6) is 0 Å². The molecule has 0 aliphatic carbocycles. The van der Waals surface area contributed by atoms with Crippen LogP contribution in [0.1, 0.15) is 38.5 Å². The molecule has 2 rings (SSSR count). The van der Waals surface area contributed by atoms with E-state index in [4.69, 9.17) is 18.9 Å². The summed E-state index contributed by atoms with van der Waals surface area (Å²) in [6.07, 6.45) is 6.04. The standard InChI is InChI=1S/C14H24O5/c15-14(19-11-13-4-1-2-7-17-13)6-9-16-10-12-5-3-8-18-12/h12-13H,1-11H2. The third-order valence-electron chi connectivity index (χ3n) is 3.48. The van der Waals surface area contributed by atoms with Gasteiger partial charge >= 0.3 is 5.97 Å². The smallest absolute Gasteiger partial charge is 0.308 e. The van der Waals surface area contributed by atoms with Gasteiger partial charge in [0.1, 0.15) is 6.61 Å². The highest BCUT2D eigenvalue weighted by atomic mass is 16.6. The molecule has 2 aliphatic heterocycles. The Kier molecular flexibility index (Phi) is 6.61. The van der Waals surface area contributed by atoms with Crippen molar-refractivity contribution in [2.24, 2.45) is 0 Å². The van der Waals surface area contributed by atoms with E-state index in [1.165, 1.54) is 0 Å². The van der Waals surface area contributed by atoms with Crippen molar-refractivity contribution in [3.63, 3.8) is 0 Å². The van der Waals surface area contributed by atoms with Crippen LogP contribution in [-0.4, -0.2) is 51.2 Å². The van der Waals surface area contributed by atoms with E-state index in [1.807, 2.05) is 0 Å². The van der Waals surface area contributed by atoms with Crippen LogP contribution >= 0.6 is 0 Å². The number of hydrogen-bond donors (Lipinski definition) is 0. The van der Waals surface area contributed by atoms with Gasteiger partial charge in [0, 0.05) is 13.2 Å². The molecule has 0 radical (unpaired) electrons. The quantitative estimate of drug-likeness (QED) is 0.521. The van der Waals surface area contributed by atoms with Gasteiger partial charge in [0.2, 0.25) is 0 Å². The van der Waals surface area contributed by atoms with Crippen molar-refractivity contribution in [3.05, 3.63) is 0 Å². The van der Waals surface area contributed by atoms with E-state index >= 15 is 0 Å². The molecule has 2 fully saturated rings. The summed E-state index contributed by atoms with van der Waals surface area (Å²) in [7, 11) is 0. The highest BCUT2D eigenvalue weighted by Crippen LogP contribution is 2.13. The first-order chi connectivity index (χ1) is 9.34. The zero-order valence-electron chi connectivity index (χ0n) is 11.5. The van der Waals surface area contributed by atoms with Gasteiger partial charge in [0.15, 0.2) is 0 Å². The van der Waals surface area contributed by atoms with Crippen molar-refractivity contribution in [2.75, 3.05) is 33.0 Å². The van der Waals surface area contributed by atoms with E-state index in [0.717, 1.165) is 45.3 Å². The van der Waals surface area contributed by atoms with E-state index in [-0.39, 0.29) is 18.2 Å². The van der Waals surface area contributed by atoms with Gasteiger partial charge in [-0.15, -0.1) is 0 Å². The van der Waals surface area contributed by atoms with E-state index in [9.17, 15) is 4.79 Å². The van der Waals surface area contributed by atoms with Gasteiger partial charge in [-0.3, -0.25) is 4.79 Å². The minimum atomic E-state index is -0.207. The predicted molar refractivity (Wildman–Crippen MR) is 69.0 cm³/mol. The van der Waals surface area contributed by atoms with Crippen LogP contribution in [0.2, 0.25) is 0 Å². The number of rotatable bonds is 7. The number of hydrogen-bond acceptors (Lipinski definition) is 5. The van der Waals surface area contributed by atoms with Gasteiger partial charge in [-0.05, 0) is 32.1 Å². The van der Waals surface area contributed by atoms with E-state index in [2.05, 4.69) is 0 Å². The van der Waals surface area contributed by atoms with Gasteiger partial charge in [0.05, 0.1) is 31.8 Å². The first-order valence-electron chi connectivity index (χ1n) is 7.31. The second-order valence-electron chi connectivity index (χ2n) is 5.13. The SMILES string of the molecule is O=C(CCOCC1CCCO1)OCC1CCCCO1. The van der Waals surface area contributed by atoms with E-state index in [0.29, 0.717) is 26.2 Å². The first kappa shape index (κ1) is 14.8. The maximum atomic E-state index is 11.5. The average Bonchev–Trinajstić information content (AvgIpc) is 2.96. The summed E-state index contributed by atoms with van der Waals surface area (Å²) >= 11 is 0. The summed E-state index contributed by atoms with van der Waals surface area (Å²) in [4.78, 5) is 11.5. The molecule has 2 atom stereocenters. The maximum Gasteiger partial charge on any atom is 0.308 e. The van der Waals surface area contributed by atoms with Crippen LogP contribution in [0.25, 0.3) is 0 Å². The average molecular weight is 272 g/mol. The number of carbonyl (C=O) groups excluding carboxylic acids is 1. The van der Waals surface area contributed by atoms with Crippen molar-refractivity contribution < 1.29 is 23.7 Å². The van der Waals surface area contributed by atoms with Gasteiger partial charge < -0.3 is 18.9 Å². The Morgan fingerprint density at radius 1 is 1.00 bits per heavy atom. The largest absolute Gasteiger partial charge is 0.463 e. The van der Waals surface area contributed by atoms with E-state index < -0.39 is 0 Å². The van der Waals surface area contributed by atoms with Crippen LogP contribution in [0.3, 0.4) is 0 Å². The Hall–Kier alpha value is -0.650. The molecule has 5 nitrogen and oxygen atoms in total. The molecule has 0 bridgehead atoms. The third kappa shape index (κ3) is 5.89. The normalized spacial score (nSPS) is 27.4. The molecule has 0 N–H and O–H groups in total. The lowest BCUT2D eigenvalue weighted by molar-refractivity contribution is -0.150. The minimum Gasteiger partial charge on any atom is -0.463 e. The van der Waals surface area contributed by atoms with E-state index in [1.54, 1.807) is 0 Å². The molecular weight excluding hydrogens is 248 g/mol. The lowest BCUT2D eigenvalue weighted by Gasteiger charge is -2.22. The summed E-state index contributed by atoms with van der Waals surface area (Å²) in [6, 6.07) is 0. The zero-order chi connectivity index (χ0) is 13.3. The van der Waals surface area contributed by atoms with Gasteiger partial charge in [-0.1, -0.05) is 0 Å². The molecule has 0 aromatic heterocycles. The molecule has 0 aromatic rings. The van der Waals surface area contributed by atoms with Crippen LogP contribution in [-0.2, 0) is 23.7 Å². The second-order valence-corrected chi connectivity index (χ2v) is 5.13. The minimum absolute atomic E-state index is 0.0884.